The smallest absolute Gasteiger partial charge is 0.225 e. The fourth-order valence-corrected chi connectivity index (χ4v) is 1.87. The van der Waals surface area contributed by atoms with Gasteiger partial charge in [0.15, 0.2) is 0 Å². The number of aryl methyl sites for hydroxylation is 2. The highest BCUT2D eigenvalue weighted by molar-refractivity contribution is 7.88. The standard InChI is InChI=1S/C12H18N2O3S/c1-9-4-5-11(8-10(9)2)14-12(15)6-7-13-18(3,16)17/h4-5,8,13H,6-7H2,1-3H3,(H,14,15). The van der Waals surface area contributed by atoms with Crippen molar-refractivity contribution >= 4 is 21.6 Å². The molecule has 0 radical (unpaired) electrons. The molecule has 0 heterocycles. The SMILES string of the molecule is Cc1ccc(NC(=O)CCNS(C)(=O)=O)cc1C. The summed E-state index contributed by atoms with van der Waals surface area (Å²) in [5, 5.41) is 2.72. The van der Waals surface area contributed by atoms with Gasteiger partial charge in [-0.2, -0.15) is 0 Å². The summed E-state index contributed by atoms with van der Waals surface area (Å²) in [6.07, 6.45) is 1.17. The van der Waals surface area contributed by atoms with Gasteiger partial charge in [-0.1, -0.05) is 6.07 Å². The number of anilines is 1. The van der Waals surface area contributed by atoms with Crippen LogP contribution in [0.4, 0.5) is 5.69 Å². The van der Waals surface area contributed by atoms with E-state index in [2.05, 4.69) is 10.0 Å². The fraction of sp³-hybridized carbons (Fsp3) is 0.417. The van der Waals surface area contributed by atoms with Crippen LogP contribution in [0.25, 0.3) is 0 Å². The van der Waals surface area contributed by atoms with Crippen molar-refractivity contribution in [3.63, 3.8) is 0 Å². The van der Waals surface area contributed by atoms with Crippen LogP contribution in [0.3, 0.4) is 0 Å². The first-order chi connectivity index (χ1) is 8.28. The summed E-state index contributed by atoms with van der Waals surface area (Å²) in [5.41, 5.74) is 2.98. The molecule has 1 amide bonds. The number of sulfonamides is 1. The van der Waals surface area contributed by atoms with E-state index in [-0.39, 0.29) is 18.9 Å². The second-order valence-electron chi connectivity index (χ2n) is 4.26. The molecule has 5 nitrogen and oxygen atoms in total. The predicted molar refractivity (Wildman–Crippen MR) is 72.0 cm³/mol. The number of hydrogen-bond donors (Lipinski definition) is 2. The first-order valence-corrected chi connectivity index (χ1v) is 7.49. The molecular formula is C12H18N2O3S. The Morgan fingerprint density at radius 3 is 2.44 bits per heavy atom. The Morgan fingerprint density at radius 1 is 1.22 bits per heavy atom. The second-order valence-corrected chi connectivity index (χ2v) is 6.10. The number of nitrogens with one attached hydrogen (secondary N) is 2. The van der Waals surface area contributed by atoms with Crippen LogP contribution in [0.15, 0.2) is 18.2 Å². The number of benzene rings is 1. The largest absolute Gasteiger partial charge is 0.326 e. The second kappa shape index (κ2) is 5.97. The van der Waals surface area contributed by atoms with Gasteiger partial charge >= 0.3 is 0 Å². The van der Waals surface area contributed by atoms with Crippen LogP contribution in [0.1, 0.15) is 17.5 Å². The molecule has 0 spiro atoms. The highest BCUT2D eigenvalue weighted by atomic mass is 32.2. The van der Waals surface area contributed by atoms with Gasteiger partial charge in [-0.3, -0.25) is 4.79 Å². The maximum absolute atomic E-state index is 11.5. The van der Waals surface area contributed by atoms with Crippen LogP contribution in [0.5, 0.6) is 0 Å². The molecule has 6 heteroatoms. The Morgan fingerprint density at radius 2 is 1.89 bits per heavy atom. The third kappa shape index (κ3) is 5.29. The monoisotopic (exact) mass is 270 g/mol. The molecule has 0 fully saturated rings. The van der Waals surface area contributed by atoms with E-state index in [4.69, 9.17) is 0 Å². The van der Waals surface area contributed by atoms with E-state index in [1.165, 1.54) is 0 Å². The summed E-state index contributed by atoms with van der Waals surface area (Å²) in [6, 6.07) is 5.64. The molecule has 1 aromatic rings. The molecule has 18 heavy (non-hydrogen) atoms. The molecule has 0 aliphatic rings. The normalized spacial score (nSPS) is 11.3. The van der Waals surface area contributed by atoms with Gasteiger partial charge in [-0.25, -0.2) is 13.1 Å². The van der Waals surface area contributed by atoms with E-state index < -0.39 is 10.0 Å². The Labute approximate surface area is 108 Å². The number of carbonyl (C=O) groups is 1. The highest BCUT2D eigenvalue weighted by Gasteiger charge is 2.05. The van der Waals surface area contributed by atoms with Crippen molar-refractivity contribution in [1.82, 2.24) is 4.72 Å². The van der Waals surface area contributed by atoms with Crippen molar-refractivity contribution in [3.05, 3.63) is 29.3 Å². The number of hydrogen-bond acceptors (Lipinski definition) is 3. The molecule has 100 valence electrons. The van der Waals surface area contributed by atoms with Crippen LogP contribution in [0, 0.1) is 13.8 Å². The lowest BCUT2D eigenvalue weighted by molar-refractivity contribution is -0.116. The van der Waals surface area contributed by atoms with Crippen molar-refractivity contribution < 1.29 is 13.2 Å². The van der Waals surface area contributed by atoms with Crippen LogP contribution in [-0.4, -0.2) is 27.1 Å². The van der Waals surface area contributed by atoms with Crippen molar-refractivity contribution in [2.75, 3.05) is 18.1 Å². The minimum atomic E-state index is -3.23. The molecule has 0 aliphatic heterocycles. The fourth-order valence-electron chi connectivity index (χ4n) is 1.39. The maximum atomic E-state index is 11.5. The lowest BCUT2D eigenvalue weighted by Crippen LogP contribution is -2.26. The molecule has 1 aromatic carbocycles. The summed E-state index contributed by atoms with van der Waals surface area (Å²) in [5.74, 6) is -0.214. The summed E-state index contributed by atoms with van der Waals surface area (Å²) in [4.78, 5) is 11.5. The third-order valence-electron chi connectivity index (χ3n) is 2.51. The molecule has 0 unspecified atom stereocenters. The maximum Gasteiger partial charge on any atom is 0.225 e. The number of amides is 1. The van der Waals surface area contributed by atoms with Crippen molar-refractivity contribution in [2.24, 2.45) is 0 Å². The molecular weight excluding hydrogens is 252 g/mol. The van der Waals surface area contributed by atoms with Gasteiger partial charge in [0.25, 0.3) is 0 Å². The van der Waals surface area contributed by atoms with Crippen LogP contribution < -0.4 is 10.0 Å². The lowest BCUT2D eigenvalue weighted by atomic mass is 10.1. The van der Waals surface area contributed by atoms with E-state index in [1.807, 2.05) is 32.0 Å². The number of carbonyl (C=O) groups excluding carboxylic acids is 1. The minimum Gasteiger partial charge on any atom is -0.326 e. The van der Waals surface area contributed by atoms with Crippen LogP contribution in [0.2, 0.25) is 0 Å². The average Bonchev–Trinajstić information content (AvgIpc) is 2.21. The van der Waals surface area contributed by atoms with Crippen LogP contribution >= 0.6 is 0 Å². The molecule has 0 atom stereocenters. The zero-order chi connectivity index (χ0) is 13.8. The third-order valence-corrected chi connectivity index (χ3v) is 3.24. The van der Waals surface area contributed by atoms with E-state index >= 15 is 0 Å². The molecule has 0 bridgehead atoms. The number of rotatable bonds is 5. The summed E-state index contributed by atoms with van der Waals surface area (Å²) in [7, 11) is -3.23. The summed E-state index contributed by atoms with van der Waals surface area (Å²) in [6.45, 7) is 4.07. The van der Waals surface area contributed by atoms with E-state index in [0.29, 0.717) is 0 Å². The molecule has 0 aliphatic carbocycles. The zero-order valence-corrected chi connectivity index (χ0v) is 11.6. The Bertz CT molecular complexity index is 538. The van der Waals surface area contributed by atoms with Crippen molar-refractivity contribution in [3.8, 4) is 0 Å². The first-order valence-electron chi connectivity index (χ1n) is 5.59. The van der Waals surface area contributed by atoms with E-state index in [9.17, 15) is 13.2 Å². The molecule has 0 aromatic heterocycles. The van der Waals surface area contributed by atoms with Gasteiger partial charge in [0.1, 0.15) is 0 Å². The van der Waals surface area contributed by atoms with E-state index in [0.717, 1.165) is 23.1 Å². The van der Waals surface area contributed by atoms with Gasteiger partial charge in [0.05, 0.1) is 6.26 Å². The predicted octanol–water partition coefficient (Wildman–Crippen LogP) is 1.18. The lowest BCUT2D eigenvalue weighted by Gasteiger charge is -2.07. The molecule has 0 saturated heterocycles. The Hall–Kier alpha value is -1.40. The average molecular weight is 270 g/mol. The molecule has 0 saturated carbocycles. The van der Waals surface area contributed by atoms with Crippen LogP contribution in [-0.2, 0) is 14.8 Å². The van der Waals surface area contributed by atoms with Gasteiger partial charge in [-0.05, 0) is 37.1 Å². The van der Waals surface area contributed by atoms with Crippen molar-refractivity contribution in [2.45, 2.75) is 20.3 Å². The molecule has 2 N–H and O–H groups in total. The van der Waals surface area contributed by atoms with Gasteiger partial charge < -0.3 is 5.32 Å². The Kier molecular flexibility index (Phi) is 4.86. The minimum absolute atomic E-state index is 0.107. The summed E-state index contributed by atoms with van der Waals surface area (Å²) >= 11 is 0. The Balaban J connectivity index is 2.47. The topological polar surface area (TPSA) is 75.3 Å². The first kappa shape index (κ1) is 14.7. The zero-order valence-electron chi connectivity index (χ0n) is 10.8. The van der Waals surface area contributed by atoms with Crippen molar-refractivity contribution in [1.29, 1.82) is 0 Å². The van der Waals surface area contributed by atoms with Gasteiger partial charge in [-0.15, -0.1) is 0 Å². The quantitative estimate of drug-likeness (QED) is 0.843. The molecule has 1 rings (SSSR count). The highest BCUT2D eigenvalue weighted by Crippen LogP contribution is 2.14. The van der Waals surface area contributed by atoms with Gasteiger partial charge in [0, 0.05) is 18.7 Å². The van der Waals surface area contributed by atoms with Gasteiger partial charge in [0.2, 0.25) is 15.9 Å². The summed E-state index contributed by atoms with van der Waals surface area (Å²) < 4.78 is 23.9. The van der Waals surface area contributed by atoms with E-state index in [1.54, 1.807) is 0 Å².